The maximum Gasteiger partial charge on any atom is 0.329 e. The minimum absolute atomic E-state index is 0.0118. The van der Waals surface area contributed by atoms with Crippen LogP contribution in [-0.4, -0.2) is 137 Å². The number of hydrogen-bond acceptors (Lipinski definition) is 15. The second kappa shape index (κ2) is 23.6. The van der Waals surface area contributed by atoms with Crippen molar-refractivity contribution >= 4 is 46.1 Å². The number of nitrogens with two attached hydrogens (primary N) is 1. The van der Waals surface area contributed by atoms with Crippen LogP contribution in [0.15, 0.2) is 23.3 Å². The Morgan fingerprint density at radius 1 is 0.968 bits per heavy atom. The van der Waals surface area contributed by atoms with Gasteiger partial charge >= 0.3 is 5.97 Å². The van der Waals surface area contributed by atoms with E-state index in [9.17, 15) is 39.0 Å². The van der Waals surface area contributed by atoms with Crippen molar-refractivity contribution < 1.29 is 62.7 Å². The molecule has 15 nitrogen and oxygen atoms in total. The molecule has 3 aliphatic heterocycles. The average Bonchev–Trinajstić information content (AvgIpc) is 3.25. The summed E-state index contributed by atoms with van der Waals surface area (Å²) in [7, 11) is 4.61. The van der Waals surface area contributed by atoms with E-state index >= 15 is 0 Å². The lowest BCUT2D eigenvalue weighted by Crippen LogP contribution is -2.64. The fourth-order valence-electron chi connectivity index (χ4n) is 9.90. The van der Waals surface area contributed by atoms with Crippen molar-refractivity contribution in [2.24, 2.45) is 35.3 Å². The summed E-state index contributed by atoms with van der Waals surface area (Å²) in [5.41, 5.74) is 7.41. The normalized spacial score (nSPS) is 38.7. The van der Waals surface area contributed by atoms with Crippen LogP contribution in [0.25, 0.3) is 0 Å². The molecule has 1 amide bonds. The number of nitrogens with zero attached hydrogens (tertiary/aromatic N) is 1. The van der Waals surface area contributed by atoms with Gasteiger partial charge in [-0.05, 0) is 102 Å². The number of aliphatic hydroxyl groups is 2. The summed E-state index contributed by atoms with van der Waals surface area (Å²) in [6.45, 7) is 12.4. The monoisotopic (exact) mass is 906 g/mol. The van der Waals surface area contributed by atoms with Crippen LogP contribution in [0.5, 0.6) is 0 Å². The van der Waals surface area contributed by atoms with Gasteiger partial charge in [-0.15, -0.1) is 0 Å². The Morgan fingerprint density at radius 2 is 1.62 bits per heavy atom. The first kappa shape index (κ1) is 52.8. The second-order valence-corrected chi connectivity index (χ2v) is 19.9. The smallest absolute Gasteiger partial charge is 0.329 e. The lowest BCUT2D eigenvalue weighted by molar-refractivity contribution is -0.302. The number of cyclic esters (lactones) is 1. The van der Waals surface area contributed by atoms with Gasteiger partial charge in [-0.3, -0.25) is 24.0 Å². The first-order valence-electron chi connectivity index (χ1n) is 22.8. The molecule has 2 saturated heterocycles. The van der Waals surface area contributed by atoms with Crippen LogP contribution >= 0.6 is 11.8 Å². The quantitative estimate of drug-likeness (QED) is 0.124. The third kappa shape index (κ3) is 13.0. The van der Waals surface area contributed by atoms with Gasteiger partial charge in [0.1, 0.15) is 30.1 Å². The van der Waals surface area contributed by atoms with E-state index in [1.807, 2.05) is 32.9 Å². The molecule has 3 fully saturated rings. The first-order valence-corrected chi connectivity index (χ1v) is 23.7. The SMILES string of the molecule is CCC1/C=C(/C)CC(C)CC(OC)C2OC(O)(C(=O)C(=O)N3CCCCC3C(=O)OC(/C(C)=C/C3CCC(SC(=O)C(N)C(C)=O)C(OC)C3)C(C)C(O)CC1=O)C(C)CC2OC. The van der Waals surface area contributed by atoms with E-state index in [1.165, 1.54) is 26.0 Å². The maximum atomic E-state index is 14.4. The van der Waals surface area contributed by atoms with E-state index < -0.39 is 94.7 Å². The molecular formula is C47H74N2O13S. The molecule has 0 radical (unpaired) electrons. The van der Waals surface area contributed by atoms with Crippen LogP contribution in [0.3, 0.4) is 0 Å². The largest absolute Gasteiger partial charge is 0.456 e. The molecule has 4 aliphatic rings. The summed E-state index contributed by atoms with van der Waals surface area (Å²) >= 11 is 1.02. The molecule has 15 unspecified atom stereocenters. The van der Waals surface area contributed by atoms with Gasteiger partial charge < -0.3 is 44.5 Å². The number of thioether (sulfide) groups is 1. The fraction of sp³-hybridized carbons (Fsp3) is 0.787. The van der Waals surface area contributed by atoms with Crippen molar-refractivity contribution in [3.05, 3.63) is 23.3 Å². The highest BCUT2D eigenvalue weighted by molar-refractivity contribution is 8.14. The number of ether oxygens (including phenoxy) is 5. The van der Waals surface area contributed by atoms with Crippen LogP contribution in [0.2, 0.25) is 0 Å². The molecule has 63 heavy (non-hydrogen) atoms. The molecule has 3 heterocycles. The van der Waals surface area contributed by atoms with Crippen molar-refractivity contribution in [3.8, 4) is 0 Å². The number of rotatable bonds is 9. The van der Waals surface area contributed by atoms with E-state index in [1.54, 1.807) is 27.9 Å². The summed E-state index contributed by atoms with van der Waals surface area (Å²) < 4.78 is 30.1. The number of fused-ring (bicyclic) bond motifs is 3. The number of carbonyl (C=O) groups excluding carboxylic acids is 6. The molecule has 15 atom stereocenters. The number of piperidine rings is 1. The number of esters is 1. The topological polar surface area (TPSA) is 218 Å². The Hall–Kier alpha value is -2.83. The van der Waals surface area contributed by atoms with Gasteiger partial charge in [-0.2, -0.15) is 0 Å². The molecule has 0 aromatic rings. The van der Waals surface area contributed by atoms with Crippen LogP contribution in [0.1, 0.15) is 119 Å². The van der Waals surface area contributed by atoms with E-state index in [0.717, 1.165) is 17.3 Å². The number of allylic oxidation sites excluding steroid dienone is 3. The summed E-state index contributed by atoms with van der Waals surface area (Å²) in [6.07, 6.45) is 3.82. The molecule has 1 aliphatic carbocycles. The number of carbonyl (C=O) groups is 6. The molecule has 1 saturated carbocycles. The average molecular weight is 907 g/mol. The zero-order valence-electron chi connectivity index (χ0n) is 39.0. The van der Waals surface area contributed by atoms with Crippen LogP contribution < -0.4 is 5.73 Å². The van der Waals surface area contributed by atoms with E-state index in [0.29, 0.717) is 56.9 Å². The minimum Gasteiger partial charge on any atom is -0.456 e. The maximum absolute atomic E-state index is 14.4. The Morgan fingerprint density at radius 3 is 2.24 bits per heavy atom. The highest BCUT2D eigenvalue weighted by Crippen LogP contribution is 2.40. The first-order chi connectivity index (χ1) is 29.7. The molecule has 0 spiro atoms. The fourth-order valence-corrected chi connectivity index (χ4v) is 11.1. The summed E-state index contributed by atoms with van der Waals surface area (Å²) in [5.74, 6) is -8.28. The zero-order valence-corrected chi connectivity index (χ0v) is 39.9. The summed E-state index contributed by atoms with van der Waals surface area (Å²) in [4.78, 5) is 82.6. The number of Topliss-reactive ketones (excluding diaryl/α,β-unsaturated/α-hetero) is 3. The second-order valence-electron chi connectivity index (χ2n) is 18.7. The van der Waals surface area contributed by atoms with E-state index in [2.05, 4.69) is 0 Å². The lowest BCUT2D eigenvalue weighted by Gasteiger charge is -2.47. The van der Waals surface area contributed by atoms with Gasteiger partial charge in [0.25, 0.3) is 11.7 Å². The molecule has 4 rings (SSSR count). The van der Waals surface area contributed by atoms with Gasteiger partial charge in [0.15, 0.2) is 5.78 Å². The van der Waals surface area contributed by atoms with Gasteiger partial charge in [0.05, 0.1) is 24.4 Å². The standard InChI is InChI=1S/C47H74N2O13S/c1-11-32-19-25(2)18-26(3)20-37(59-9)42-38(60-10)22-28(5)47(57,62-42)43(53)44(54)49-17-13-12-14-33(49)45(55)61-41(29(6)34(51)24-35(32)52)27(4)21-31-15-16-39(36(23-31)58-8)63-46(56)40(48)30(7)50/h19,21,26,28-29,31-34,36-42,51,57H,11-18,20,22-24,48H2,1-10H3/b25-19-,27-21+. The van der Waals surface area contributed by atoms with Gasteiger partial charge in [0.2, 0.25) is 10.9 Å². The molecular weight excluding hydrogens is 833 g/mol. The predicted octanol–water partition coefficient (Wildman–Crippen LogP) is 4.66. The van der Waals surface area contributed by atoms with Crippen molar-refractivity contribution in [3.63, 3.8) is 0 Å². The molecule has 0 aromatic heterocycles. The van der Waals surface area contributed by atoms with E-state index in [-0.39, 0.29) is 54.8 Å². The number of ketones is 3. The number of aliphatic hydroxyl groups excluding tert-OH is 1. The summed E-state index contributed by atoms with van der Waals surface area (Å²) in [5, 5.41) is 23.2. The third-order valence-corrected chi connectivity index (χ3v) is 15.2. The number of hydrogen-bond donors (Lipinski definition) is 3. The van der Waals surface area contributed by atoms with Gasteiger partial charge in [0, 0.05) is 57.3 Å². The van der Waals surface area contributed by atoms with Gasteiger partial charge in [-0.1, -0.05) is 57.2 Å². The number of amides is 1. The lowest BCUT2D eigenvalue weighted by atomic mass is 9.82. The molecule has 356 valence electrons. The molecule has 4 N–H and O–H groups in total. The Bertz CT molecular complexity index is 1700. The molecule has 16 heteroatoms. The summed E-state index contributed by atoms with van der Waals surface area (Å²) in [6, 6.07) is -2.39. The van der Waals surface area contributed by atoms with Crippen LogP contribution in [-0.2, 0) is 52.5 Å². The highest BCUT2D eigenvalue weighted by atomic mass is 32.2. The van der Waals surface area contributed by atoms with Crippen LogP contribution in [0.4, 0.5) is 0 Å². The third-order valence-electron chi connectivity index (χ3n) is 13.8. The van der Waals surface area contributed by atoms with Crippen LogP contribution in [0, 0.1) is 29.6 Å². The van der Waals surface area contributed by atoms with Crippen molar-refractivity contribution in [2.45, 2.75) is 179 Å². The Kier molecular flexibility index (Phi) is 19.7. The van der Waals surface area contributed by atoms with Crippen molar-refractivity contribution in [1.82, 2.24) is 4.90 Å². The highest BCUT2D eigenvalue weighted by Gasteiger charge is 2.56. The Balaban J connectivity index is 1.73. The van der Waals surface area contributed by atoms with Gasteiger partial charge in [-0.25, -0.2) is 4.79 Å². The molecule has 0 aromatic carbocycles. The Labute approximate surface area is 377 Å². The zero-order chi connectivity index (χ0) is 46.9. The van der Waals surface area contributed by atoms with Crippen molar-refractivity contribution in [2.75, 3.05) is 27.9 Å². The number of methoxy groups -OCH3 is 3. The van der Waals surface area contributed by atoms with Crippen molar-refractivity contribution in [1.29, 1.82) is 0 Å². The minimum atomic E-state index is -2.53. The molecule has 2 bridgehead atoms. The predicted molar refractivity (Wildman–Crippen MR) is 237 cm³/mol. The van der Waals surface area contributed by atoms with E-state index in [4.69, 9.17) is 29.4 Å².